The molecule has 0 bridgehead atoms. The van der Waals surface area contributed by atoms with Crippen molar-refractivity contribution in [3.05, 3.63) is 35.2 Å². The highest BCUT2D eigenvalue weighted by atomic mass is 16.2. The van der Waals surface area contributed by atoms with Crippen LogP contribution in [0.1, 0.15) is 46.5 Å². The average molecular weight is 301 g/mol. The van der Waals surface area contributed by atoms with Crippen LogP contribution in [-0.2, 0) is 4.79 Å². The van der Waals surface area contributed by atoms with E-state index in [0.29, 0.717) is 6.04 Å². The van der Waals surface area contributed by atoms with E-state index in [2.05, 4.69) is 4.90 Å². The third-order valence-corrected chi connectivity index (χ3v) is 4.36. The Hall–Kier alpha value is -1.84. The Balaban J connectivity index is 2.48. The van der Waals surface area contributed by atoms with Crippen LogP contribution < -0.4 is 0 Å². The normalized spacial score (nSPS) is 23.6. The Morgan fingerprint density at radius 2 is 1.95 bits per heavy atom. The van der Waals surface area contributed by atoms with E-state index < -0.39 is 0 Å². The van der Waals surface area contributed by atoms with Crippen molar-refractivity contribution in [1.82, 2.24) is 9.80 Å². The minimum atomic E-state index is 0.0505. The number of carbonyl (C=O) groups is 1. The third kappa shape index (κ3) is 3.16. The number of nitrogens with zero attached hydrogens (tertiary/aromatic N) is 3. The van der Waals surface area contributed by atoms with Crippen LogP contribution in [0.3, 0.4) is 0 Å². The van der Waals surface area contributed by atoms with Gasteiger partial charge in [0.2, 0.25) is 0 Å². The quantitative estimate of drug-likeness (QED) is 0.800. The number of carbonyl (C=O) groups excluding carboxylic acids is 1. The summed E-state index contributed by atoms with van der Waals surface area (Å²) >= 11 is 0. The van der Waals surface area contributed by atoms with Crippen LogP contribution in [-0.4, -0.2) is 41.7 Å². The topological polar surface area (TPSA) is 35.9 Å². The zero-order valence-corrected chi connectivity index (χ0v) is 14.4. The molecule has 0 aromatic rings. The third-order valence-electron chi connectivity index (χ3n) is 4.36. The largest absolute Gasteiger partial charge is 0.343 e. The van der Waals surface area contributed by atoms with Gasteiger partial charge in [0.15, 0.2) is 0 Å². The van der Waals surface area contributed by atoms with Crippen LogP contribution in [0.15, 0.2) is 40.2 Å². The van der Waals surface area contributed by atoms with Gasteiger partial charge >= 0.3 is 0 Å². The average Bonchev–Trinajstić information content (AvgIpc) is 3.13. The smallest absolute Gasteiger partial charge is 0.270 e. The zero-order valence-electron chi connectivity index (χ0n) is 14.4. The van der Waals surface area contributed by atoms with Crippen molar-refractivity contribution < 1.29 is 4.79 Å². The highest BCUT2D eigenvalue weighted by Gasteiger charge is 2.37. The SMILES string of the molecule is C\C=C(C)/N=C1\C(=C/C)C=C(C(=O)N(C)C)N1C1CCCC1. The summed E-state index contributed by atoms with van der Waals surface area (Å²) in [5, 5.41) is 0. The molecule has 1 aliphatic heterocycles. The van der Waals surface area contributed by atoms with E-state index in [-0.39, 0.29) is 5.91 Å². The van der Waals surface area contributed by atoms with Gasteiger partial charge in [-0.1, -0.05) is 25.0 Å². The molecule has 1 saturated carbocycles. The van der Waals surface area contributed by atoms with Crippen molar-refractivity contribution in [1.29, 1.82) is 0 Å². The van der Waals surface area contributed by atoms with Crippen LogP contribution in [0, 0.1) is 0 Å². The van der Waals surface area contributed by atoms with Gasteiger partial charge in [0.1, 0.15) is 11.5 Å². The number of amidine groups is 1. The van der Waals surface area contributed by atoms with Crippen molar-refractivity contribution in [2.45, 2.75) is 52.5 Å². The summed E-state index contributed by atoms with van der Waals surface area (Å²) in [7, 11) is 3.61. The van der Waals surface area contributed by atoms with E-state index in [1.165, 1.54) is 12.8 Å². The highest BCUT2D eigenvalue weighted by molar-refractivity contribution is 6.12. The lowest BCUT2D eigenvalue weighted by Crippen LogP contribution is -2.40. The summed E-state index contributed by atoms with van der Waals surface area (Å²) in [4.78, 5) is 21.2. The molecule has 1 fully saturated rings. The molecule has 22 heavy (non-hydrogen) atoms. The second-order valence-corrected chi connectivity index (χ2v) is 6.15. The molecular weight excluding hydrogens is 274 g/mol. The molecule has 1 amide bonds. The first-order valence-corrected chi connectivity index (χ1v) is 8.10. The van der Waals surface area contributed by atoms with Crippen LogP contribution >= 0.6 is 0 Å². The molecule has 0 radical (unpaired) electrons. The maximum Gasteiger partial charge on any atom is 0.270 e. The molecule has 2 rings (SSSR count). The Morgan fingerprint density at radius 1 is 1.32 bits per heavy atom. The summed E-state index contributed by atoms with van der Waals surface area (Å²) in [5.74, 6) is 0.977. The second kappa shape index (κ2) is 6.95. The molecule has 120 valence electrons. The summed E-state index contributed by atoms with van der Waals surface area (Å²) < 4.78 is 0. The van der Waals surface area contributed by atoms with E-state index in [1.807, 2.05) is 39.0 Å². The molecule has 0 aromatic heterocycles. The number of likely N-dealkylation sites (N-methyl/N-ethyl adjacent to an activating group) is 1. The summed E-state index contributed by atoms with van der Waals surface area (Å²) in [6.45, 7) is 5.99. The van der Waals surface area contributed by atoms with Crippen LogP contribution in [0.25, 0.3) is 0 Å². The van der Waals surface area contributed by atoms with Crippen molar-refractivity contribution in [3.63, 3.8) is 0 Å². The minimum absolute atomic E-state index is 0.0505. The Morgan fingerprint density at radius 3 is 2.45 bits per heavy atom. The lowest BCUT2D eigenvalue weighted by molar-refractivity contribution is -0.126. The van der Waals surface area contributed by atoms with Crippen molar-refractivity contribution in [2.75, 3.05) is 14.1 Å². The first kappa shape index (κ1) is 16.5. The monoisotopic (exact) mass is 301 g/mol. The first-order chi connectivity index (χ1) is 10.5. The molecule has 1 heterocycles. The van der Waals surface area contributed by atoms with Gasteiger partial charge < -0.3 is 9.80 Å². The maximum absolute atomic E-state index is 12.6. The van der Waals surface area contributed by atoms with E-state index in [0.717, 1.165) is 35.6 Å². The van der Waals surface area contributed by atoms with Gasteiger partial charge in [0, 0.05) is 31.4 Å². The summed E-state index contributed by atoms with van der Waals surface area (Å²) in [6.07, 6.45) is 10.7. The standard InChI is InChI=1S/C18H27N3O/c1-6-13(3)19-17-14(7-2)12-16(18(22)20(4)5)21(17)15-10-8-9-11-15/h6-7,12,15H,8-11H2,1-5H3/b13-6-,14-7-,19-17+. The van der Waals surface area contributed by atoms with Gasteiger partial charge in [0.05, 0.1) is 0 Å². The number of hydrogen-bond donors (Lipinski definition) is 0. The molecule has 0 aromatic carbocycles. The Labute approximate surface area is 133 Å². The number of hydrogen-bond acceptors (Lipinski definition) is 2. The fraction of sp³-hybridized carbons (Fsp3) is 0.556. The van der Waals surface area contributed by atoms with Gasteiger partial charge in [0.25, 0.3) is 5.91 Å². The number of rotatable bonds is 3. The highest BCUT2D eigenvalue weighted by Crippen LogP contribution is 2.34. The predicted molar refractivity (Wildman–Crippen MR) is 91.5 cm³/mol. The van der Waals surface area contributed by atoms with Crippen molar-refractivity contribution in [3.8, 4) is 0 Å². The molecule has 0 atom stereocenters. The molecule has 0 saturated heterocycles. The van der Waals surface area contributed by atoms with Crippen LogP contribution in [0.4, 0.5) is 0 Å². The van der Waals surface area contributed by atoms with Gasteiger partial charge in [-0.05, 0) is 39.7 Å². The molecule has 0 N–H and O–H groups in total. The molecular formula is C18H27N3O. The Kier molecular flexibility index (Phi) is 5.22. The van der Waals surface area contributed by atoms with Gasteiger partial charge in [-0.15, -0.1) is 0 Å². The van der Waals surface area contributed by atoms with E-state index in [9.17, 15) is 4.79 Å². The molecule has 0 unspecified atom stereocenters. The zero-order chi connectivity index (χ0) is 16.3. The number of allylic oxidation sites excluding steroid dienone is 3. The Bertz CT molecular complexity index is 561. The molecule has 2 aliphatic rings. The van der Waals surface area contributed by atoms with Gasteiger partial charge in [-0.3, -0.25) is 4.79 Å². The summed E-state index contributed by atoms with van der Waals surface area (Å²) in [5.41, 5.74) is 2.77. The second-order valence-electron chi connectivity index (χ2n) is 6.15. The summed E-state index contributed by atoms with van der Waals surface area (Å²) in [6, 6.07) is 0.385. The van der Waals surface area contributed by atoms with Crippen LogP contribution in [0.5, 0.6) is 0 Å². The first-order valence-electron chi connectivity index (χ1n) is 8.10. The van der Waals surface area contributed by atoms with E-state index in [1.54, 1.807) is 19.0 Å². The van der Waals surface area contributed by atoms with E-state index in [4.69, 9.17) is 4.99 Å². The van der Waals surface area contributed by atoms with Crippen molar-refractivity contribution >= 4 is 11.7 Å². The lowest BCUT2D eigenvalue weighted by Gasteiger charge is -2.30. The molecule has 4 nitrogen and oxygen atoms in total. The molecule has 0 spiro atoms. The molecule has 1 aliphatic carbocycles. The van der Waals surface area contributed by atoms with Crippen LogP contribution in [0.2, 0.25) is 0 Å². The van der Waals surface area contributed by atoms with E-state index >= 15 is 0 Å². The maximum atomic E-state index is 12.6. The lowest BCUT2D eigenvalue weighted by atomic mass is 10.2. The van der Waals surface area contributed by atoms with Gasteiger partial charge in [-0.2, -0.15) is 0 Å². The fourth-order valence-electron chi connectivity index (χ4n) is 3.02. The van der Waals surface area contributed by atoms with Crippen molar-refractivity contribution in [2.24, 2.45) is 4.99 Å². The molecule has 4 heteroatoms. The predicted octanol–water partition coefficient (Wildman–Crippen LogP) is 3.49. The number of aliphatic imine (C=N–C) groups is 1. The fourth-order valence-corrected chi connectivity index (χ4v) is 3.02. The minimum Gasteiger partial charge on any atom is -0.343 e. The van der Waals surface area contributed by atoms with Gasteiger partial charge in [-0.25, -0.2) is 4.99 Å². The number of amides is 1.